The average Bonchev–Trinajstić information content (AvgIpc) is 2.90. The van der Waals surface area contributed by atoms with Gasteiger partial charge in [0.25, 0.3) is 0 Å². The predicted molar refractivity (Wildman–Crippen MR) is 55.4 cm³/mol. The summed E-state index contributed by atoms with van der Waals surface area (Å²) in [4.78, 5) is 10.1. The number of aliphatic hydroxyl groups excluding tert-OH is 1. The molecule has 1 rings (SSSR count). The first kappa shape index (κ1) is 11.7. The van der Waals surface area contributed by atoms with E-state index in [4.69, 9.17) is 9.84 Å². The van der Waals surface area contributed by atoms with Gasteiger partial charge in [0.15, 0.2) is 0 Å². The lowest BCUT2D eigenvalue weighted by atomic mass is 10.1. The molecule has 1 aliphatic rings. The summed E-state index contributed by atoms with van der Waals surface area (Å²) in [5.74, 6) is -0.984. The number of carbonyl (C=O) groups is 1. The third-order valence-corrected chi connectivity index (χ3v) is 2.09. The van der Waals surface area contributed by atoms with Gasteiger partial charge in [0, 0.05) is 6.08 Å². The molecule has 82 valence electrons. The number of hydrogen-bond acceptors (Lipinski definition) is 3. The van der Waals surface area contributed by atoms with E-state index in [0.717, 1.165) is 6.08 Å². The van der Waals surface area contributed by atoms with E-state index < -0.39 is 17.7 Å². The Morgan fingerprint density at radius 3 is 2.53 bits per heavy atom. The third-order valence-electron chi connectivity index (χ3n) is 2.09. The summed E-state index contributed by atoms with van der Waals surface area (Å²) in [5.41, 5.74) is -0.429. The molecule has 1 saturated heterocycles. The zero-order valence-corrected chi connectivity index (χ0v) is 8.46. The van der Waals surface area contributed by atoms with Crippen molar-refractivity contribution in [3.63, 3.8) is 0 Å². The number of aliphatic hydroxyl groups is 1. The summed E-state index contributed by atoms with van der Waals surface area (Å²) in [5, 5.41) is 17.8. The molecule has 1 fully saturated rings. The molecule has 0 aromatic carbocycles. The van der Waals surface area contributed by atoms with E-state index in [9.17, 15) is 9.90 Å². The fourth-order valence-electron chi connectivity index (χ4n) is 0.924. The van der Waals surface area contributed by atoms with Gasteiger partial charge in [0.2, 0.25) is 0 Å². The molecular weight excluding hydrogens is 196 g/mol. The van der Waals surface area contributed by atoms with Gasteiger partial charge >= 0.3 is 5.97 Å². The molecule has 0 aromatic heterocycles. The molecule has 1 heterocycles. The van der Waals surface area contributed by atoms with Gasteiger partial charge in [-0.05, 0) is 6.92 Å². The van der Waals surface area contributed by atoms with E-state index in [-0.39, 0.29) is 0 Å². The van der Waals surface area contributed by atoms with E-state index in [1.807, 2.05) is 6.92 Å². The third kappa shape index (κ3) is 4.10. The highest BCUT2D eigenvalue weighted by Gasteiger charge is 2.45. The molecule has 1 aliphatic heterocycles. The molecule has 0 spiro atoms. The normalized spacial score (nSPS) is 27.9. The standard InChI is InChI=1S/C11H14O4/c1-11(8-15-11)9(12)6-4-2-3-5-7-10(13)14/h2-7,9,12H,8H2,1H3,(H,13,14)/b3-2+,6-4+,7-5+. The monoisotopic (exact) mass is 210 g/mol. The van der Waals surface area contributed by atoms with Gasteiger partial charge in [-0.15, -0.1) is 0 Å². The summed E-state index contributed by atoms with van der Waals surface area (Å²) in [7, 11) is 0. The molecule has 0 amide bonds. The first-order valence-corrected chi connectivity index (χ1v) is 4.61. The van der Waals surface area contributed by atoms with Crippen molar-refractivity contribution in [1.29, 1.82) is 0 Å². The smallest absolute Gasteiger partial charge is 0.328 e. The van der Waals surface area contributed by atoms with Crippen LogP contribution in [-0.4, -0.2) is 34.5 Å². The maximum atomic E-state index is 10.1. The Bertz CT molecular complexity index is 311. The van der Waals surface area contributed by atoms with Crippen LogP contribution in [-0.2, 0) is 9.53 Å². The largest absolute Gasteiger partial charge is 0.478 e. The van der Waals surface area contributed by atoms with Crippen LogP contribution in [0.5, 0.6) is 0 Å². The Balaban J connectivity index is 2.29. The minimum atomic E-state index is -0.984. The second-order valence-corrected chi connectivity index (χ2v) is 3.51. The molecule has 4 nitrogen and oxygen atoms in total. The Morgan fingerprint density at radius 2 is 2.00 bits per heavy atom. The number of hydrogen-bond donors (Lipinski definition) is 2. The molecule has 0 aromatic rings. The number of carboxylic acids is 1. The molecule has 0 saturated carbocycles. The van der Waals surface area contributed by atoms with Gasteiger partial charge in [-0.2, -0.15) is 0 Å². The van der Waals surface area contributed by atoms with E-state index in [1.165, 1.54) is 6.08 Å². The number of ether oxygens (including phenoxy) is 1. The molecular formula is C11H14O4. The SMILES string of the molecule is CC1(C(O)/C=C/C=C/C=C/C(=O)O)CO1. The highest BCUT2D eigenvalue weighted by atomic mass is 16.6. The number of rotatable bonds is 5. The van der Waals surface area contributed by atoms with Gasteiger partial charge in [-0.25, -0.2) is 4.79 Å². The van der Waals surface area contributed by atoms with Gasteiger partial charge in [-0.3, -0.25) is 0 Å². The molecule has 2 N–H and O–H groups in total. The maximum absolute atomic E-state index is 10.1. The van der Waals surface area contributed by atoms with Crippen LogP contribution in [0.4, 0.5) is 0 Å². The summed E-state index contributed by atoms with van der Waals surface area (Å²) in [6, 6.07) is 0. The van der Waals surface area contributed by atoms with E-state index >= 15 is 0 Å². The maximum Gasteiger partial charge on any atom is 0.328 e. The first-order valence-electron chi connectivity index (χ1n) is 4.61. The van der Waals surface area contributed by atoms with Crippen molar-refractivity contribution in [2.24, 2.45) is 0 Å². The van der Waals surface area contributed by atoms with Gasteiger partial charge in [0.1, 0.15) is 11.7 Å². The van der Waals surface area contributed by atoms with E-state index in [1.54, 1.807) is 24.3 Å². The zero-order chi connectivity index (χ0) is 11.3. The van der Waals surface area contributed by atoms with Crippen LogP contribution in [0.1, 0.15) is 6.92 Å². The predicted octanol–water partition coefficient (Wildman–Crippen LogP) is 0.889. The fourth-order valence-corrected chi connectivity index (χ4v) is 0.924. The second-order valence-electron chi connectivity index (χ2n) is 3.51. The van der Waals surface area contributed by atoms with Gasteiger partial charge in [0.05, 0.1) is 6.61 Å². The number of allylic oxidation sites excluding steroid dienone is 4. The Labute approximate surface area is 88.2 Å². The molecule has 15 heavy (non-hydrogen) atoms. The molecule has 0 radical (unpaired) electrons. The Kier molecular flexibility index (Phi) is 3.82. The number of aliphatic carboxylic acids is 1. The lowest BCUT2D eigenvalue weighted by Gasteiger charge is -2.08. The van der Waals surface area contributed by atoms with E-state index in [0.29, 0.717) is 6.61 Å². The highest BCUT2D eigenvalue weighted by molar-refractivity contribution is 5.80. The summed E-state index contributed by atoms with van der Waals surface area (Å²) < 4.78 is 5.05. The van der Waals surface area contributed by atoms with Gasteiger partial charge in [-0.1, -0.05) is 30.4 Å². The van der Waals surface area contributed by atoms with Crippen molar-refractivity contribution in [2.45, 2.75) is 18.6 Å². The lowest BCUT2D eigenvalue weighted by molar-refractivity contribution is -0.131. The number of carboxylic acid groups (broad SMARTS) is 1. The van der Waals surface area contributed by atoms with Crippen molar-refractivity contribution in [2.75, 3.05) is 6.61 Å². The van der Waals surface area contributed by atoms with Crippen molar-refractivity contribution < 1.29 is 19.7 Å². The van der Waals surface area contributed by atoms with Crippen LogP contribution in [0, 0.1) is 0 Å². The number of epoxide rings is 1. The van der Waals surface area contributed by atoms with Crippen LogP contribution in [0.3, 0.4) is 0 Å². The van der Waals surface area contributed by atoms with Crippen LogP contribution in [0.2, 0.25) is 0 Å². The van der Waals surface area contributed by atoms with E-state index in [2.05, 4.69) is 0 Å². The Morgan fingerprint density at radius 1 is 1.40 bits per heavy atom. The van der Waals surface area contributed by atoms with Crippen molar-refractivity contribution in [3.8, 4) is 0 Å². The van der Waals surface area contributed by atoms with Crippen LogP contribution >= 0.6 is 0 Å². The molecule has 0 bridgehead atoms. The lowest BCUT2D eigenvalue weighted by Crippen LogP contribution is -2.23. The summed E-state index contributed by atoms with van der Waals surface area (Å²) in [6.07, 6.45) is 8.31. The van der Waals surface area contributed by atoms with Crippen molar-refractivity contribution >= 4 is 5.97 Å². The molecule has 4 heteroatoms. The molecule has 0 aliphatic carbocycles. The minimum absolute atomic E-state index is 0.429. The van der Waals surface area contributed by atoms with Crippen LogP contribution < -0.4 is 0 Å². The molecule has 2 atom stereocenters. The average molecular weight is 210 g/mol. The summed E-state index contributed by atoms with van der Waals surface area (Å²) >= 11 is 0. The minimum Gasteiger partial charge on any atom is -0.478 e. The summed E-state index contributed by atoms with van der Waals surface area (Å²) in [6.45, 7) is 2.40. The quantitative estimate of drug-likeness (QED) is 0.401. The van der Waals surface area contributed by atoms with Gasteiger partial charge < -0.3 is 14.9 Å². The molecule has 2 unspecified atom stereocenters. The fraction of sp³-hybridized carbons (Fsp3) is 0.364. The topological polar surface area (TPSA) is 70.1 Å². The highest BCUT2D eigenvalue weighted by Crippen LogP contribution is 2.30. The van der Waals surface area contributed by atoms with Crippen molar-refractivity contribution in [3.05, 3.63) is 36.5 Å². The first-order chi connectivity index (χ1) is 7.04. The van der Waals surface area contributed by atoms with Crippen LogP contribution in [0.15, 0.2) is 36.5 Å². The second kappa shape index (κ2) is 4.91. The zero-order valence-electron chi connectivity index (χ0n) is 8.46. The van der Waals surface area contributed by atoms with Crippen LogP contribution in [0.25, 0.3) is 0 Å². The van der Waals surface area contributed by atoms with Crippen molar-refractivity contribution in [1.82, 2.24) is 0 Å². The Hall–Kier alpha value is -1.39.